The van der Waals surface area contributed by atoms with Crippen LogP contribution in [0.5, 0.6) is 0 Å². The molecular weight excluding hydrogens is 300 g/mol. The van der Waals surface area contributed by atoms with Crippen molar-refractivity contribution in [2.75, 3.05) is 11.6 Å². The molecule has 0 aliphatic carbocycles. The minimum absolute atomic E-state index is 0.458. The van der Waals surface area contributed by atoms with E-state index < -0.39 is 10.8 Å². The zero-order valence-corrected chi connectivity index (χ0v) is 12.9. The lowest BCUT2D eigenvalue weighted by Crippen LogP contribution is -1.94. The maximum atomic E-state index is 11.4. The Morgan fingerprint density at radius 3 is 2.55 bits per heavy atom. The molecule has 2 aromatic heterocycles. The molecule has 1 aromatic carbocycles. The van der Waals surface area contributed by atoms with Crippen molar-refractivity contribution in [3.8, 4) is 11.5 Å². The number of aromatic nitrogens is 3. The van der Waals surface area contributed by atoms with E-state index in [4.69, 9.17) is 4.42 Å². The third-order valence-corrected chi connectivity index (χ3v) is 3.93. The number of pyridine rings is 1. The van der Waals surface area contributed by atoms with Crippen LogP contribution in [0.4, 0.5) is 11.5 Å². The lowest BCUT2D eigenvalue weighted by Gasteiger charge is -2.06. The Balaban J connectivity index is 1.82. The maximum absolute atomic E-state index is 11.4. The molecule has 0 spiro atoms. The van der Waals surface area contributed by atoms with Crippen LogP contribution in [-0.4, -0.2) is 25.6 Å². The molecule has 0 amide bonds. The van der Waals surface area contributed by atoms with Crippen LogP contribution in [0.2, 0.25) is 0 Å². The lowest BCUT2D eigenvalue weighted by atomic mass is 10.2. The Labute approximate surface area is 130 Å². The second-order valence-electron chi connectivity index (χ2n) is 4.66. The third kappa shape index (κ3) is 3.20. The molecule has 7 heteroatoms. The van der Waals surface area contributed by atoms with Crippen molar-refractivity contribution in [3.05, 3.63) is 48.5 Å². The Morgan fingerprint density at radius 1 is 1.14 bits per heavy atom. The van der Waals surface area contributed by atoms with Crippen molar-refractivity contribution in [2.45, 2.75) is 11.8 Å². The van der Waals surface area contributed by atoms with Crippen molar-refractivity contribution in [2.24, 2.45) is 0 Å². The van der Waals surface area contributed by atoms with Gasteiger partial charge in [0.25, 0.3) is 0 Å². The van der Waals surface area contributed by atoms with Gasteiger partial charge in [-0.1, -0.05) is 0 Å². The van der Waals surface area contributed by atoms with Crippen LogP contribution in [0.25, 0.3) is 11.5 Å². The smallest absolute Gasteiger partial charge is 0.247 e. The van der Waals surface area contributed by atoms with Gasteiger partial charge in [0.1, 0.15) is 5.82 Å². The van der Waals surface area contributed by atoms with Gasteiger partial charge in [0.2, 0.25) is 11.8 Å². The monoisotopic (exact) mass is 314 g/mol. The highest BCUT2D eigenvalue weighted by Crippen LogP contribution is 2.22. The summed E-state index contributed by atoms with van der Waals surface area (Å²) in [7, 11) is -0.981. The minimum Gasteiger partial charge on any atom is -0.421 e. The van der Waals surface area contributed by atoms with Gasteiger partial charge in [-0.15, -0.1) is 10.2 Å². The molecule has 0 bridgehead atoms. The number of benzene rings is 1. The van der Waals surface area contributed by atoms with E-state index in [2.05, 4.69) is 20.5 Å². The molecule has 0 saturated carbocycles. The summed E-state index contributed by atoms with van der Waals surface area (Å²) >= 11 is 0. The lowest BCUT2D eigenvalue weighted by molar-refractivity contribution is 0.532. The van der Waals surface area contributed by atoms with Gasteiger partial charge in [0.15, 0.2) is 0 Å². The average molecular weight is 314 g/mol. The quantitative estimate of drug-likeness (QED) is 0.797. The first-order valence-corrected chi connectivity index (χ1v) is 8.15. The number of aryl methyl sites for hydroxylation is 1. The highest BCUT2D eigenvalue weighted by molar-refractivity contribution is 7.84. The van der Waals surface area contributed by atoms with E-state index in [0.717, 1.165) is 16.1 Å². The topological polar surface area (TPSA) is 80.9 Å². The summed E-state index contributed by atoms with van der Waals surface area (Å²) in [6.07, 6.45) is 3.33. The molecule has 6 nitrogen and oxygen atoms in total. The van der Waals surface area contributed by atoms with Crippen molar-refractivity contribution < 1.29 is 8.63 Å². The van der Waals surface area contributed by atoms with E-state index in [0.29, 0.717) is 17.6 Å². The van der Waals surface area contributed by atoms with Gasteiger partial charge in [0, 0.05) is 46.3 Å². The average Bonchev–Trinajstić information content (AvgIpc) is 2.95. The van der Waals surface area contributed by atoms with Gasteiger partial charge in [-0.2, -0.15) is 0 Å². The van der Waals surface area contributed by atoms with Crippen molar-refractivity contribution >= 4 is 22.3 Å². The summed E-state index contributed by atoms with van der Waals surface area (Å²) in [5.41, 5.74) is 1.66. The van der Waals surface area contributed by atoms with Crippen LogP contribution in [0.1, 0.15) is 5.89 Å². The van der Waals surface area contributed by atoms with E-state index in [-0.39, 0.29) is 0 Å². The van der Waals surface area contributed by atoms with Gasteiger partial charge in [-0.3, -0.25) is 4.21 Å². The number of rotatable bonds is 4. The van der Waals surface area contributed by atoms with Gasteiger partial charge in [-0.05, 0) is 36.4 Å². The van der Waals surface area contributed by atoms with Crippen LogP contribution in [-0.2, 0) is 10.8 Å². The Morgan fingerprint density at radius 2 is 1.91 bits per heavy atom. The Bertz CT molecular complexity index is 814. The first-order valence-electron chi connectivity index (χ1n) is 6.59. The van der Waals surface area contributed by atoms with Gasteiger partial charge < -0.3 is 9.73 Å². The second-order valence-corrected chi connectivity index (χ2v) is 6.04. The summed E-state index contributed by atoms with van der Waals surface area (Å²) in [5, 5.41) is 11.0. The molecule has 3 aromatic rings. The molecule has 3 rings (SSSR count). The Kier molecular flexibility index (Phi) is 3.97. The van der Waals surface area contributed by atoms with E-state index in [9.17, 15) is 4.21 Å². The van der Waals surface area contributed by atoms with Crippen molar-refractivity contribution in [1.82, 2.24) is 15.2 Å². The zero-order valence-electron chi connectivity index (χ0n) is 12.1. The third-order valence-electron chi connectivity index (χ3n) is 2.99. The molecule has 1 atom stereocenters. The van der Waals surface area contributed by atoms with Crippen LogP contribution in [0.3, 0.4) is 0 Å². The molecule has 0 saturated heterocycles. The minimum atomic E-state index is -0.981. The van der Waals surface area contributed by atoms with E-state index in [1.54, 1.807) is 19.4 Å². The summed E-state index contributed by atoms with van der Waals surface area (Å²) in [6, 6.07) is 11.0. The normalized spacial score (nSPS) is 12.1. The maximum Gasteiger partial charge on any atom is 0.247 e. The summed E-state index contributed by atoms with van der Waals surface area (Å²) in [4.78, 5) is 5.05. The van der Waals surface area contributed by atoms with Crippen LogP contribution in [0.15, 0.2) is 51.9 Å². The number of anilines is 2. The largest absolute Gasteiger partial charge is 0.421 e. The van der Waals surface area contributed by atoms with Gasteiger partial charge >= 0.3 is 0 Å². The fraction of sp³-hybridized carbons (Fsp3) is 0.133. The predicted molar refractivity (Wildman–Crippen MR) is 84.3 cm³/mol. The molecular formula is C15H14N4O2S. The summed E-state index contributed by atoms with van der Waals surface area (Å²) in [5.74, 6) is 1.64. The van der Waals surface area contributed by atoms with Crippen molar-refractivity contribution in [3.63, 3.8) is 0 Å². The van der Waals surface area contributed by atoms with Crippen LogP contribution < -0.4 is 5.32 Å². The standard InChI is InChI=1S/C15H14N4O2S/c1-10-18-19-15(21-10)11-7-8-16-14(9-11)17-12-3-5-13(6-4-12)22(2)20/h3-9H,1-2H3,(H,16,17). The highest BCUT2D eigenvalue weighted by atomic mass is 32.2. The molecule has 0 radical (unpaired) electrons. The molecule has 2 heterocycles. The number of hydrogen-bond acceptors (Lipinski definition) is 6. The van der Waals surface area contributed by atoms with Gasteiger partial charge in [0.05, 0.1) is 0 Å². The second kappa shape index (κ2) is 6.07. The van der Waals surface area contributed by atoms with Gasteiger partial charge in [-0.25, -0.2) is 4.98 Å². The number of nitrogens with one attached hydrogen (secondary N) is 1. The summed E-state index contributed by atoms with van der Waals surface area (Å²) < 4.78 is 16.8. The van der Waals surface area contributed by atoms with E-state index in [1.165, 1.54) is 0 Å². The first kappa shape index (κ1) is 14.4. The van der Waals surface area contributed by atoms with Crippen LogP contribution >= 0.6 is 0 Å². The zero-order chi connectivity index (χ0) is 15.5. The molecule has 0 aliphatic heterocycles. The highest BCUT2D eigenvalue weighted by Gasteiger charge is 2.07. The Hall–Kier alpha value is -2.54. The molecule has 1 N–H and O–H groups in total. The molecule has 1 unspecified atom stereocenters. The van der Waals surface area contributed by atoms with E-state index >= 15 is 0 Å². The number of hydrogen-bond donors (Lipinski definition) is 1. The first-order chi connectivity index (χ1) is 10.6. The fourth-order valence-corrected chi connectivity index (χ4v) is 2.44. The van der Waals surface area contributed by atoms with Crippen LogP contribution in [0, 0.1) is 6.92 Å². The summed E-state index contributed by atoms with van der Waals surface area (Å²) in [6.45, 7) is 1.75. The molecule has 22 heavy (non-hydrogen) atoms. The SMILES string of the molecule is Cc1nnc(-c2ccnc(Nc3ccc(S(C)=O)cc3)c2)o1. The number of nitrogens with zero attached hydrogens (tertiary/aromatic N) is 3. The van der Waals surface area contributed by atoms with E-state index in [1.807, 2.05) is 36.4 Å². The molecule has 0 fully saturated rings. The fourth-order valence-electron chi connectivity index (χ4n) is 1.92. The molecule has 112 valence electrons. The molecule has 0 aliphatic rings. The predicted octanol–water partition coefficient (Wildman–Crippen LogP) is 2.92. The van der Waals surface area contributed by atoms with Crippen molar-refractivity contribution in [1.29, 1.82) is 0 Å².